The summed E-state index contributed by atoms with van der Waals surface area (Å²) in [6.07, 6.45) is 0. The highest BCUT2D eigenvalue weighted by Gasteiger charge is 2.00. The van der Waals surface area contributed by atoms with Gasteiger partial charge in [0.25, 0.3) is 0 Å². The van der Waals surface area contributed by atoms with Gasteiger partial charge in [-0.2, -0.15) is 0 Å². The van der Waals surface area contributed by atoms with Gasteiger partial charge in [-0.15, -0.1) is 0 Å². The Bertz CT molecular complexity index is 330. The van der Waals surface area contributed by atoms with E-state index in [0.717, 1.165) is 0 Å². The first-order valence-corrected chi connectivity index (χ1v) is 4.11. The molecule has 0 aliphatic rings. The number of hydrazine groups is 1. The molecule has 13 heavy (non-hydrogen) atoms. The minimum atomic E-state index is -0.689. The number of carbonyl (C=O) groups excluding carboxylic acids is 1. The summed E-state index contributed by atoms with van der Waals surface area (Å²) < 4.78 is 0. The molecule has 0 heterocycles. The van der Waals surface area contributed by atoms with Gasteiger partial charge in [0.1, 0.15) is 0 Å². The molecule has 0 radical (unpaired) electrons. The molecule has 0 aromatic heterocycles. The summed E-state index contributed by atoms with van der Waals surface area (Å²) in [6.45, 7) is 0. The second kappa shape index (κ2) is 4.20. The average Bonchev–Trinajstić information content (AvgIpc) is 2.02. The predicted molar refractivity (Wildman–Crippen MR) is 52.8 cm³/mol. The number of anilines is 1. The van der Waals surface area contributed by atoms with Gasteiger partial charge in [0.15, 0.2) is 0 Å². The number of amides is 2. The van der Waals surface area contributed by atoms with Gasteiger partial charge in [-0.3, -0.25) is 10.9 Å². The lowest BCUT2D eigenvalue weighted by molar-refractivity contribution is 0.250. The SMILES string of the molecule is NC(=O)NNc1ccc(Cl)cc1Cl. The number of hydrogen-bond acceptors (Lipinski definition) is 2. The van der Waals surface area contributed by atoms with E-state index in [9.17, 15) is 4.79 Å². The third-order valence-corrected chi connectivity index (χ3v) is 1.80. The zero-order valence-corrected chi connectivity index (χ0v) is 7.99. The molecule has 0 aliphatic heterocycles. The van der Waals surface area contributed by atoms with E-state index in [4.69, 9.17) is 28.9 Å². The lowest BCUT2D eigenvalue weighted by atomic mass is 10.3. The highest BCUT2D eigenvalue weighted by Crippen LogP contribution is 2.24. The molecule has 0 aliphatic carbocycles. The highest BCUT2D eigenvalue weighted by atomic mass is 35.5. The number of nitrogens with one attached hydrogen (secondary N) is 2. The maximum Gasteiger partial charge on any atom is 0.330 e. The highest BCUT2D eigenvalue weighted by molar-refractivity contribution is 6.36. The number of hydrogen-bond donors (Lipinski definition) is 3. The van der Waals surface area contributed by atoms with E-state index in [1.165, 1.54) is 0 Å². The molecular weight excluding hydrogens is 213 g/mol. The van der Waals surface area contributed by atoms with E-state index < -0.39 is 6.03 Å². The molecule has 0 saturated heterocycles. The van der Waals surface area contributed by atoms with Gasteiger partial charge >= 0.3 is 6.03 Å². The zero-order chi connectivity index (χ0) is 9.84. The molecule has 0 atom stereocenters. The summed E-state index contributed by atoms with van der Waals surface area (Å²) >= 11 is 11.4. The number of benzene rings is 1. The predicted octanol–water partition coefficient (Wildman–Crippen LogP) is 1.99. The fourth-order valence-corrected chi connectivity index (χ4v) is 1.18. The van der Waals surface area contributed by atoms with Crippen molar-refractivity contribution in [2.45, 2.75) is 0 Å². The Hall–Kier alpha value is -1.13. The monoisotopic (exact) mass is 219 g/mol. The Morgan fingerprint density at radius 3 is 2.62 bits per heavy atom. The molecule has 1 rings (SSSR count). The number of primary amides is 1. The maximum absolute atomic E-state index is 10.3. The van der Waals surface area contributed by atoms with E-state index in [-0.39, 0.29) is 0 Å². The molecule has 0 unspecified atom stereocenters. The van der Waals surface area contributed by atoms with E-state index in [1.54, 1.807) is 18.2 Å². The van der Waals surface area contributed by atoms with Gasteiger partial charge in [0, 0.05) is 5.02 Å². The molecule has 4 N–H and O–H groups in total. The number of halogens is 2. The van der Waals surface area contributed by atoms with Crippen LogP contribution in [-0.4, -0.2) is 6.03 Å². The van der Waals surface area contributed by atoms with Crippen LogP contribution >= 0.6 is 23.2 Å². The van der Waals surface area contributed by atoms with Crippen LogP contribution in [0, 0.1) is 0 Å². The van der Waals surface area contributed by atoms with Crippen LogP contribution in [0.1, 0.15) is 0 Å². The van der Waals surface area contributed by atoms with E-state index >= 15 is 0 Å². The molecule has 6 heteroatoms. The molecule has 0 saturated carbocycles. The average molecular weight is 220 g/mol. The molecular formula is C7H7Cl2N3O. The molecule has 1 aromatic carbocycles. The first kappa shape index (κ1) is 9.95. The second-order valence-electron chi connectivity index (χ2n) is 2.24. The van der Waals surface area contributed by atoms with Gasteiger partial charge in [0.2, 0.25) is 0 Å². The maximum atomic E-state index is 10.3. The molecule has 1 aromatic rings. The zero-order valence-electron chi connectivity index (χ0n) is 6.47. The van der Waals surface area contributed by atoms with Crippen LogP contribution in [0.5, 0.6) is 0 Å². The Kier molecular flexibility index (Phi) is 3.22. The summed E-state index contributed by atoms with van der Waals surface area (Å²) in [5.41, 5.74) is 10.1. The number of urea groups is 1. The molecule has 2 amide bonds. The van der Waals surface area contributed by atoms with Crippen molar-refractivity contribution in [3.8, 4) is 0 Å². The Morgan fingerprint density at radius 1 is 1.38 bits per heavy atom. The minimum Gasteiger partial charge on any atom is -0.350 e. The van der Waals surface area contributed by atoms with Crippen molar-refractivity contribution in [2.75, 3.05) is 5.43 Å². The first-order chi connectivity index (χ1) is 6.09. The van der Waals surface area contributed by atoms with Crippen LogP contribution in [-0.2, 0) is 0 Å². The Balaban J connectivity index is 2.72. The fourth-order valence-electron chi connectivity index (χ4n) is 0.720. The third kappa shape index (κ3) is 3.01. The van der Waals surface area contributed by atoms with Crippen LogP contribution in [0.4, 0.5) is 10.5 Å². The van der Waals surface area contributed by atoms with Gasteiger partial charge in [-0.05, 0) is 18.2 Å². The molecule has 70 valence electrons. The summed E-state index contributed by atoms with van der Waals surface area (Å²) in [5, 5.41) is 0.927. The van der Waals surface area contributed by atoms with Crippen molar-refractivity contribution in [3.63, 3.8) is 0 Å². The van der Waals surface area contributed by atoms with Crippen molar-refractivity contribution in [2.24, 2.45) is 5.73 Å². The lowest BCUT2D eigenvalue weighted by Gasteiger charge is -2.07. The summed E-state index contributed by atoms with van der Waals surface area (Å²) in [4.78, 5) is 10.3. The van der Waals surface area contributed by atoms with Crippen LogP contribution in [0.15, 0.2) is 18.2 Å². The van der Waals surface area contributed by atoms with Gasteiger partial charge < -0.3 is 5.73 Å². The van der Waals surface area contributed by atoms with Crippen LogP contribution < -0.4 is 16.6 Å². The van der Waals surface area contributed by atoms with E-state index in [2.05, 4.69) is 10.9 Å². The topological polar surface area (TPSA) is 67.2 Å². The quantitative estimate of drug-likeness (QED) is 0.667. The van der Waals surface area contributed by atoms with E-state index in [0.29, 0.717) is 15.7 Å². The van der Waals surface area contributed by atoms with Crippen molar-refractivity contribution in [1.82, 2.24) is 5.43 Å². The standard InChI is InChI=1S/C7H7Cl2N3O/c8-4-1-2-6(5(9)3-4)11-12-7(10)13/h1-3,11H,(H3,10,12,13). The van der Waals surface area contributed by atoms with E-state index in [1.807, 2.05) is 0 Å². The first-order valence-electron chi connectivity index (χ1n) is 3.36. The lowest BCUT2D eigenvalue weighted by Crippen LogP contribution is -2.34. The molecule has 0 bridgehead atoms. The number of nitrogens with two attached hydrogens (primary N) is 1. The summed E-state index contributed by atoms with van der Waals surface area (Å²) in [7, 11) is 0. The summed E-state index contributed by atoms with van der Waals surface area (Å²) in [5.74, 6) is 0. The summed E-state index contributed by atoms with van der Waals surface area (Å²) in [6, 6.07) is 4.12. The normalized spacial score (nSPS) is 9.38. The van der Waals surface area contributed by atoms with Crippen LogP contribution in [0.3, 0.4) is 0 Å². The Labute approximate surface area is 85.0 Å². The van der Waals surface area contributed by atoms with Gasteiger partial charge in [-0.25, -0.2) is 4.79 Å². The Morgan fingerprint density at radius 2 is 2.08 bits per heavy atom. The second-order valence-corrected chi connectivity index (χ2v) is 3.08. The van der Waals surface area contributed by atoms with Crippen LogP contribution in [0.2, 0.25) is 10.0 Å². The van der Waals surface area contributed by atoms with Gasteiger partial charge in [-0.1, -0.05) is 23.2 Å². The largest absolute Gasteiger partial charge is 0.350 e. The van der Waals surface area contributed by atoms with Crippen molar-refractivity contribution in [3.05, 3.63) is 28.2 Å². The van der Waals surface area contributed by atoms with Crippen molar-refractivity contribution < 1.29 is 4.79 Å². The molecule has 0 fully saturated rings. The number of carbonyl (C=O) groups is 1. The minimum absolute atomic E-state index is 0.404. The number of rotatable bonds is 2. The van der Waals surface area contributed by atoms with Gasteiger partial charge in [0.05, 0.1) is 10.7 Å². The smallest absolute Gasteiger partial charge is 0.330 e. The van der Waals surface area contributed by atoms with Crippen molar-refractivity contribution >= 4 is 34.9 Å². The molecule has 4 nitrogen and oxygen atoms in total. The fraction of sp³-hybridized carbons (Fsp3) is 0. The van der Waals surface area contributed by atoms with Crippen molar-refractivity contribution in [1.29, 1.82) is 0 Å². The third-order valence-electron chi connectivity index (χ3n) is 1.25. The van der Waals surface area contributed by atoms with Crippen LogP contribution in [0.25, 0.3) is 0 Å². The molecule has 0 spiro atoms.